The van der Waals surface area contributed by atoms with E-state index < -0.39 is 9.84 Å². The van der Waals surface area contributed by atoms with Crippen LogP contribution < -0.4 is 5.32 Å². The average molecular weight is 491 g/mol. The number of rotatable bonds is 7. The van der Waals surface area contributed by atoms with E-state index in [1.54, 1.807) is 12.1 Å². The van der Waals surface area contributed by atoms with Crippen molar-refractivity contribution < 1.29 is 18.0 Å². The first-order valence-electron chi connectivity index (χ1n) is 10.9. The second kappa shape index (κ2) is 8.39. The highest BCUT2D eigenvalue weighted by Gasteiger charge is 2.40. The van der Waals surface area contributed by atoms with Crippen LogP contribution in [0.4, 0.5) is 5.13 Å². The van der Waals surface area contributed by atoms with Gasteiger partial charge in [-0.15, -0.1) is 0 Å². The first kappa shape index (κ1) is 21.8. The fourth-order valence-corrected chi connectivity index (χ4v) is 6.98. The molecule has 3 aliphatic rings. The number of nitrogens with one attached hydrogen (secondary N) is 1. The zero-order chi connectivity index (χ0) is 22.5. The molecule has 1 atom stereocenters. The molecular formula is C23H23ClN2O4S2. The first-order chi connectivity index (χ1) is 15.3. The fourth-order valence-electron chi connectivity index (χ4n) is 4.25. The molecule has 1 aromatic carbocycles. The zero-order valence-electron chi connectivity index (χ0n) is 17.3. The van der Waals surface area contributed by atoms with Crippen molar-refractivity contribution in [3.8, 4) is 0 Å². The molecule has 9 heteroatoms. The topological polar surface area (TPSA) is 93.2 Å². The minimum absolute atomic E-state index is 0.0117. The summed E-state index contributed by atoms with van der Waals surface area (Å²) in [6.07, 6.45) is 8.32. The summed E-state index contributed by atoms with van der Waals surface area (Å²) in [6.45, 7) is 0. The predicted octanol–water partition coefficient (Wildman–Crippen LogP) is 5.00. The maximum atomic E-state index is 13.2. The number of hydrogen-bond acceptors (Lipinski definition) is 6. The van der Waals surface area contributed by atoms with Crippen molar-refractivity contribution in [2.24, 2.45) is 5.92 Å². The Balaban J connectivity index is 1.53. The lowest BCUT2D eigenvalue weighted by molar-refractivity contribution is -0.117. The summed E-state index contributed by atoms with van der Waals surface area (Å²) in [5.74, 6) is 0.0631. The van der Waals surface area contributed by atoms with Gasteiger partial charge in [0.15, 0.2) is 15.0 Å². The number of allylic oxidation sites excluding steroid dienone is 1. The van der Waals surface area contributed by atoms with Crippen molar-refractivity contribution in [2.75, 3.05) is 5.32 Å². The minimum atomic E-state index is -3.33. The number of sulfone groups is 1. The molecule has 32 heavy (non-hydrogen) atoms. The molecule has 6 nitrogen and oxygen atoms in total. The number of aromatic nitrogens is 1. The van der Waals surface area contributed by atoms with Gasteiger partial charge >= 0.3 is 0 Å². The van der Waals surface area contributed by atoms with Crippen molar-refractivity contribution in [1.29, 1.82) is 0 Å². The van der Waals surface area contributed by atoms with Crippen molar-refractivity contribution in [3.63, 3.8) is 0 Å². The highest BCUT2D eigenvalue weighted by atomic mass is 35.5. The van der Waals surface area contributed by atoms with E-state index in [4.69, 9.17) is 11.6 Å². The Bertz CT molecular complexity index is 1230. The van der Waals surface area contributed by atoms with Crippen LogP contribution in [0.2, 0.25) is 4.34 Å². The number of Topliss-reactive ketones (excluding diaryl/α,β-unsaturated/α-hetero) is 1. The monoisotopic (exact) mass is 490 g/mol. The van der Waals surface area contributed by atoms with Gasteiger partial charge in [-0.05, 0) is 67.2 Å². The van der Waals surface area contributed by atoms with E-state index in [-0.39, 0.29) is 28.8 Å². The molecule has 5 rings (SSSR count). The van der Waals surface area contributed by atoms with Crippen LogP contribution in [0.1, 0.15) is 62.0 Å². The Morgan fingerprint density at radius 1 is 1.19 bits per heavy atom. The van der Waals surface area contributed by atoms with Gasteiger partial charge in [-0.3, -0.25) is 14.9 Å². The number of thiazole rings is 1. The molecule has 0 radical (unpaired) electrons. The first-order valence-corrected chi connectivity index (χ1v) is 13.6. The number of hydrogen-bond donors (Lipinski definition) is 1. The van der Waals surface area contributed by atoms with Gasteiger partial charge in [-0.25, -0.2) is 13.4 Å². The predicted molar refractivity (Wildman–Crippen MR) is 125 cm³/mol. The van der Waals surface area contributed by atoms with Crippen LogP contribution in [-0.4, -0.2) is 30.3 Å². The van der Waals surface area contributed by atoms with E-state index in [1.807, 2.05) is 12.1 Å². The maximum absolute atomic E-state index is 13.2. The number of benzene rings is 1. The Morgan fingerprint density at radius 3 is 2.56 bits per heavy atom. The third-order valence-corrected chi connectivity index (χ3v) is 9.60. The summed E-state index contributed by atoms with van der Waals surface area (Å²) >= 11 is 7.11. The molecule has 0 aliphatic heterocycles. The molecule has 168 valence electrons. The summed E-state index contributed by atoms with van der Waals surface area (Å²) in [4.78, 5) is 29.5. The minimum Gasteiger partial charge on any atom is -0.300 e. The molecule has 0 saturated heterocycles. The molecule has 1 aromatic heterocycles. The second-order valence-electron chi connectivity index (χ2n) is 8.82. The van der Waals surface area contributed by atoms with Crippen LogP contribution in [0.5, 0.6) is 0 Å². The average Bonchev–Trinajstić information content (AvgIpc) is 3.68. The van der Waals surface area contributed by atoms with E-state index in [1.165, 1.54) is 17.5 Å². The Hall–Kier alpha value is -2.03. The molecule has 0 unspecified atom stereocenters. The van der Waals surface area contributed by atoms with Crippen molar-refractivity contribution in [3.05, 3.63) is 45.9 Å². The molecule has 2 aromatic rings. The van der Waals surface area contributed by atoms with Gasteiger partial charge in [-0.2, -0.15) is 0 Å². The molecular weight excluding hydrogens is 468 g/mol. The lowest BCUT2D eigenvalue weighted by Gasteiger charge is -2.15. The standard InChI is InChI=1S/C23H23ClN2O4S2/c24-21-12-25-23(31-21)26-22(28)19(10-13-1-5-16(27)9-13)15-4-8-20(18(11-15)14-2-3-14)32(29,30)17-6-7-17/h4,8,10-14,17H,1-3,5-7,9H2,(H,25,26,28)/t13-/m0/s1. The Kier molecular flexibility index (Phi) is 5.72. The van der Waals surface area contributed by atoms with Crippen LogP contribution in [0.15, 0.2) is 35.4 Å². The van der Waals surface area contributed by atoms with Crippen LogP contribution in [0.3, 0.4) is 0 Å². The lowest BCUT2D eigenvalue weighted by atomic mass is 9.96. The summed E-state index contributed by atoms with van der Waals surface area (Å²) < 4.78 is 26.4. The molecule has 1 heterocycles. The number of carbonyl (C=O) groups excluding carboxylic acids is 2. The molecule has 0 bridgehead atoms. The van der Waals surface area contributed by atoms with Gasteiger partial charge in [0.05, 0.1) is 16.3 Å². The van der Waals surface area contributed by atoms with Gasteiger partial charge in [0.25, 0.3) is 5.91 Å². The van der Waals surface area contributed by atoms with Gasteiger partial charge < -0.3 is 0 Å². The van der Waals surface area contributed by atoms with Crippen LogP contribution >= 0.6 is 22.9 Å². The lowest BCUT2D eigenvalue weighted by Crippen LogP contribution is -2.15. The maximum Gasteiger partial charge on any atom is 0.257 e. The molecule has 1 N–H and O–H groups in total. The second-order valence-corrected chi connectivity index (χ2v) is 12.7. The summed E-state index contributed by atoms with van der Waals surface area (Å²) in [5, 5.41) is 2.91. The highest BCUT2D eigenvalue weighted by Crippen LogP contribution is 2.46. The summed E-state index contributed by atoms with van der Waals surface area (Å²) in [5.41, 5.74) is 1.92. The highest BCUT2D eigenvalue weighted by molar-refractivity contribution is 7.92. The van der Waals surface area contributed by atoms with Gasteiger partial charge in [0.2, 0.25) is 0 Å². The number of nitrogens with zero attached hydrogens (tertiary/aromatic N) is 1. The van der Waals surface area contributed by atoms with Crippen molar-refractivity contribution >= 4 is 55.2 Å². The van der Waals surface area contributed by atoms with E-state index in [0.29, 0.717) is 57.6 Å². The largest absolute Gasteiger partial charge is 0.300 e. The quantitative estimate of drug-likeness (QED) is 0.551. The number of ketones is 1. The third-order valence-electron chi connectivity index (χ3n) is 6.24. The van der Waals surface area contributed by atoms with E-state index in [0.717, 1.165) is 18.4 Å². The molecule has 1 amide bonds. The Labute approximate surface area is 196 Å². The van der Waals surface area contributed by atoms with E-state index in [9.17, 15) is 18.0 Å². The number of halogens is 1. The molecule has 3 fully saturated rings. The SMILES string of the molecule is O=C1CC[C@H](C=C(C(=O)Nc2ncc(Cl)s2)c2ccc(S(=O)(=O)C3CC3)c(C3CC3)c2)C1. The van der Waals surface area contributed by atoms with Gasteiger partial charge in [0, 0.05) is 18.4 Å². The van der Waals surface area contributed by atoms with Crippen molar-refractivity contribution in [1.82, 2.24) is 4.98 Å². The molecule has 0 spiro atoms. The third kappa shape index (κ3) is 4.54. The van der Waals surface area contributed by atoms with Gasteiger partial charge in [0.1, 0.15) is 10.1 Å². The molecule has 3 aliphatic carbocycles. The summed E-state index contributed by atoms with van der Waals surface area (Å²) in [7, 11) is -3.33. The molecule has 3 saturated carbocycles. The fraction of sp³-hybridized carbons (Fsp3) is 0.435. The number of carbonyl (C=O) groups is 2. The number of amides is 1. The van der Waals surface area contributed by atoms with Crippen molar-refractivity contribution in [2.45, 2.75) is 61.0 Å². The van der Waals surface area contributed by atoms with Crippen LogP contribution in [0, 0.1) is 5.92 Å². The zero-order valence-corrected chi connectivity index (χ0v) is 19.7. The normalized spacial score (nSPS) is 21.7. The Morgan fingerprint density at radius 2 is 1.97 bits per heavy atom. The van der Waals surface area contributed by atoms with Crippen LogP contribution in [0.25, 0.3) is 5.57 Å². The van der Waals surface area contributed by atoms with Gasteiger partial charge in [-0.1, -0.05) is 35.1 Å². The van der Waals surface area contributed by atoms with E-state index in [2.05, 4.69) is 10.3 Å². The summed E-state index contributed by atoms with van der Waals surface area (Å²) in [6, 6.07) is 5.25. The smallest absolute Gasteiger partial charge is 0.257 e. The van der Waals surface area contributed by atoms with E-state index >= 15 is 0 Å². The van der Waals surface area contributed by atoms with Crippen LogP contribution in [-0.2, 0) is 19.4 Å². The number of anilines is 1.